The van der Waals surface area contributed by atoms with Crippen LogP contribution < -0.4 is 5.56 Å². The van der Waals surface area contributed by atoms with Crippen LogP contribution in [0.25, 0.3) is 22.2 Å². The first-order valence-corrected chi connectivity index (χ1v) is 9.40. The summed E-state index contributed by atoms with van der Waals surface area (Å²) < 4.78 is 1.60. The van der Waals surface area contributed by atoms with E-state index in [4.69, 9.17) is 16.7 Å². The van der Waals surface area contributed by atoms with Crippen LogP contribution in [-0.2, 0) is 0 Å². The van der Waals surface area contributed by atoms with Gasteiger partial charge in [-0.15, -0.1) is 0 Å². The Labute approximate surface area is 157 Å². The van der Waals surface area contributed by atoms with E-state index < -0.39 is 0 Å². The summed E-state index contributed by atoms with van der Waals surface area (Å²) in [6.45, 7) is 4.03. The number of nitrogens with zero attached hydrogens (tertiary/aromatic N) is 4. The highest BCUT2D eigenvalue weighted by molar-refractivity contribution is 6.30. The molecule has 5 nitrogen and oxygen atoms in total. The summed E-state index contributed by atoms with van der Waals surface area (Å²) in [6, 6.07) is 11.1. The number of piperidine rings is 1. The van der Waals surface area contributed by atoms with Gasteiger partial charge >= 0.3 is 0 Å². The first kappa shape index (κ1) is 17.2. The molecule has 1 fully saturated rings. The normalized spacial score (nSPS) is 16.7. The minimum absolute atomic E-state index is 0.0923. The lowest BCUT2D eigenvalue weighted by Crippen LogP contribution is -2.40. The summed E-state index contributed by atoms with van der Waals surface area (Å²) in [5.41, 5.74) is 2.06. The fourth-order valence-corrected chi connectivity index (χ4v) is 3.81. The molecular formula is C20H21ClN4O. The van der Waals surface area contributed by atoms with Crippen molar-refractivity contribution in [2.24, 2.45) is 0 Å². The summed E-state index contributed by atoms with van der Waals surface area (Å²) in [4.78, 5) is 19.8. The van der Waals surface area contributed by atoms with Gasteiger partial charge in [-0.25, -0.2) is 4.68 Å². The van der Waals surface area contributed by atoms with Crippen LogP contribution in [0.3, 0.4) is 0 Å². The van der Waals surface area contributed by atoms with E-state index >= 15 is 0 Å². The van der Waals surface area contributed by atoms with Gasteiger partial charge in [-0.1, -0.05) is 30.2 Å². The summed E-state index contributed by atoms with van der Waals surface area (Å²) in [5.74, 6) is 0. The van der Waals surface area contributed by atoms with Gasteiger partial charge in [-0.2, -0.15) is 5.10 Å². The van der Waals surface area contributed by atoms with Crippen molar-refractivity contribution in [1.82, 2.24) is 19.7 Å². The molecule has 1 aromatic carbocycles. The molecule has 0 spiro atoms. The van der Waals surface area contributed by atoms with Gasteiger partial charge in [-0.3, -0.25) is 14.7 Å². The standard InChI is InChI=1S/C20H21ClN4O/c1-14(24-11-3-2-4-12-24)25-20(26)17-9-6-10-22-19(17)18(23-25)15-7-5-8-16(21)13-15/h5-10,13-14H,2-4,11-12H2,1H3. The predicted molar refractivity (Wildman–Crippen MR) is 104 cm³/mol. The van der Waals surface area contributed by atoms with Gasteiger partial charge in [0.1, 0.15) is 17.4 Å². The SMILES string of the molecule is CC(N1CCCCC1)n1nc(-c2cccc(Cl)c2)c2ncccc2c1=O. The molecule has 134 valence electrons. The topological polar surface area (TPSA) is 51.0 Å². The van der Waals surface area contributed by atoms with Gasteiger partial charge < -0.3 is 0 Å². The molecular weight excluding hydrogens is 348 g/mol. The molecule has 0 saturated carbocycles. The summed E-state index contributed by atoms with van der Waals surface area (Å²) in [6.07, 6.45) is 5.17. The summed E-state index contributed by atoms with van der Waals surface area (Å²) in [5, 5.41) is 5.95. The van der Waals surface area contributed by atoms with Gasteiger partial charge in [0.05, 0.1) is 5.39 Å². The molecule has 1 unspecified atom stereocenters. The van der Waals surface area contributed by atoms with Crippen molar-refractivity contribution in [3.8, 4) is 11.3 Å². The van der Waals surface area contributed by atoms with E-state index in [0.717, 1.165) is 31.5 Å². The zero-order valence-corrected chi connectivity index (χ0v) is 15.5. The van der Waals surface area contributed by atoms with Crippen molar-refractivity contribution in [2.75, 3.05) is 13.1 Å². The number of hydrogen-bond acceptors (Lipinski definition) is 4. The van der Waals surface area contributed by atoms with E-state index in [9.17, 15) is 4.79 Å². The molecule has 3 heterocycles. The molecule has 3 aromatic rings. The van der Waals surface area contributed by atoms with E-state index in [1.165, 1.54) is 6.42 Å². The summed E-state index contributed by atoms with van der Waals surface area (Å²) >= 11 is 6.18. The highest BCUT2D eigenvalue weighted by Gasteiger charge is 2.22. The number of benzene rings is 1. The first-order chi connectivity index (χ1) is 12.6. The highest BCUT2D eigenvalue weighted by Crippen LogP contribution is 2.26. The van der Waals surface area contributed by atoms with Crippen LogP contribution in [0.5, 0.6) is 0 Å². The second-order valence-electron chi connectivity index (χ2n) is 6.74. The molecule has 0 aliphatic carbocycles. The molecule has 0 amide bonds. The maximum atomic E-state index is 13.1. The molecule has 4 rings (SSSR count). The van der Waals surface area contributed by atoms with E-state index in [1.54, 1.807) is 16.9 Å². The van der Waals surface area contributed by atoms with Crippen LogP contribution >= 0.6 is 11.6 Å². The Hall–Kier alpha value is -2.24. The van der Waals surface area contributed by atoms with Crippen molar-refractivity contribution in [1.29, 1.82) is 0 Å². The van der Waals surface area contributed by atoms with Crippen LogP contribution in [0.4, 0.5) is 0 Å². The second kappa shape index (κ2) is 7.17. The average molecular weight is 369 g/mol. The Balaban J connectivity index is 1.91. The molecule has 6 heteroatoms. The largest absolute Gasteiger partial charge is 0.282 e. The number of fused-ring (bicyclic) bond motifs is 1. The Bertz CT molecular complexity index is 995. The van der Waals surface area contributed by atoms with E-state index in [-0.39, 0.29) is 11.7 Å². The lowest BCUT2D eigenvalue weighted by atomic mass is 10.1. The Morgan fingerprint density at radius 2 is 1.92 bits per heavy atom. The molecule has 1 aliphatic rings. The Kier molecular flexibility index (Phi) is 4.74. The minimum Gasteiger partial charge on any atom is -0.282 e. The van der Waals surface area contributed by atoms with Crippen molar-refractivity contribution >= 4 is 22.5 Å². The van der Waals surface area contributed by atoms with Crippen LogP contribution in [0.2, 0.25) is 5.02 Å². The number of halogens is 1. The molecule has 1 atom stereocenters. The summed E-state index contributed by atoms with van der Waals surface area (Å²) in [7, 11) is 0. The number of hydrogen-bond donors (Lipinski definition) is 0. The smallest absolute Gasteiger partial charge is 0.277 e. The number of likely N-dealkylation sites (tertiary alicyclic amines) is 1. The zero-order chi connectivity index (χ0) is 18.1. The van der Waals surface area contributed by atoms with Crippen molar-refractivity contribution in [3.63, 3.8) is 0 Å². The van der Waals surface area contributed by atoms with Crippen molar-refractivity contribution in [3.05, 3.63) is 58.0 Å². The van der Waals surface area contributed by atoms with E-state index in [0.29, 0.717) is 21.6 Å². The molecule has 0 radical (unpaired) electrons. The van der Waals surface area contributed by atoms with Gasteiger partial charge in [0, 0.05) is 29.9 Å². The van der Waals surface area contributed by atoms with E-state index in [1.807, 2.05) is 37.3 Å². The quantitative estimate of drug-likeness (QED) is 0.697. The second-order valence-corrected chi connectivity index (χ2v) is 7.17. The third kappa shape index (κ3) is 3.13. The van der Waals surface area contributed by atoms with Crippen LogP contribution in [0, 0.1) is 0 Å². The van der Waals surface area contributed by atoms with Gasteiger partial charge in [0.2, 0.25) is 0 Å². The maximum absolute atomic E-state index is 13.1. The van der Waals surface area contributed by atoms with E-state index in [2.05, 4.69) is 9.88 Å². The first-order valence-electron chi connectivity index (χ1n) is 9.03. The lowest BCUT2D eigenvalue weighted by molar-refractivity contribution is 0.113. The minimum atomic E-state index is -0.100. The fourth-order valence-electron chi connectivity index (χ4n) is 3.62. The monoisotopic (exact) mass is 368 g/mol. The van der Waals surface area contributed by atoms with Crippen LogP contribution in [-0.4, -0.2) is 32.8 Å². The number of aromatic nitrogens is 3. The van der Waals surface area contributed by atoms with Gasteiger partial charge in [-0.05, 0) is 44.0 Å². The number of rotatable bonds is 3. The van der Waals surface area contributed by atoms with Crippen molar-refractivity contribution < 1.29 is 0 Å². The average Bonchev–Trinajstić information content (AvgIpc) is 2.69. The molecule has 1 aliphatic heterocycles. The third-order valence-electron chi connectivity index (χ3n) is 5.05. The van der Waals surface area contributed by atoms with Crippen molar-refractivity contribution in [2.45, 2.75) is 32.4 Å². The third-order valence-corrected chi connectivity index (χ3v) is 5.28. The van der Waals surface area contributed by atoms with Crippen LogP contribution in [0.1, 0.15) is 32.4 Å². The predicted octanol–water partition coefficient (Wildman–Crippen LogP) is 4.12. The Morgan fingerprint density at radius 1 is 1.12 bits per heavy atom. The molecule has 0 bridgehead atoms. The van der Waals surface area contributed by atoms with Gasteiger partial charge in [0.15, 0.2) is 0 Å². The molecule has 1 saturated heterocycles. The lowest BCUT2D eigenvalue weighted by Gasteiger charge is -2.32. The Morgan fingerprint density at radius 3 is 2.69 bits per heavy atom. The van der Waals surface area contributed by atoms with Gasteiger partial charge in [0.25, 0.3) is 5.56 Å². The highest BCUT2D eigenvalue weighted by atomic mass is 35.5. The fraction of sp³-hybridized carbons (Fsp3) is 0.350. The van der Waals surface area contributed by atoms with Crippen LogP contribution in [0.15, 0.2) is 47.4 Å². The molecule has 2 aromatic heterocycles. The molecule has 0 N–H and O–H groups in total. The maximum Gasteiger partial charge on any atom is 0.277 e. The molecule has 26 heavy (non-hydrogen) atoms. The number of pyridine rings is 1. The zero-order valence-electron chi connectivity index (χ0n) is 14.7.